The van der Waals surface area contributed by atoms with Gasteiger partial charge in [0.15, 0.2) is 0 Å². The number of amides is 2. The van der Waals surface area contributed by atoms with Crippen molar-refractivity contribution >= 4 is 22.8 Å². The lowest BCUT2D eigenvalue weighted by Crippen LogP contribution is -2.52. The minimum absolute atomic E-state index is 0.0595. The fourth-order valence-electron chi connectivity index (χ4n) is 4.91. The predicted octanol–water partition coefficient (Wildman–Crippen LogP) is 3.38. The molecule has 190 valence electrons. The quantitative estimate of drug-likeness (QED) is 0.451. The number of hydrogen-bond donors (Lipinski definition) is 2. The molecule has 36 heavy (non-hydrogen) atoms. The van der Waals surface area contributed by atoms with E-state index < -0.39 is 0 Å². The lowest BCUT2D eigenvalue weighted by Gasteiger charge is -2.34. The lowest BCUT2D eigenvalue weighted by atomic mass is 10.1. The van der Waals surface area contributed by atoms with Crippen LogP contribution < -0.4 is 10.6 Å². The van der Waals surface area contributed by atoms with Gasteiger partial charge in [0.1, 0.15) is 11.6 Å². The fourth-order valence-corrected chi connectivity index (χ4v) is 4.91. The summed E-state index contributed by atoms with van der Waals surface area (Å²) in [5, 5.41) is 7.81. The monoisotopic (exact) mass is 487 g/mol. The number of piperazine rings is 1. The molecule has 2 aromatic carbocycles. The second-order valence-electron chi connectivity index (χ2n) is 10.2. The van der Waals surface area contributed by atoms with Crippen LogP contribution in [0.4, 0.5) is 10.6 Å². The van der Waals surface area contributed by atoms with Gasteiger partial charge in [0.05, 0.1) is 12.1 Å². The Labute approximate surface area is 213 Å². The average molecular weight is 488 g/mol. The number of benzene rings is 2. The van der Waals surface area contributed by atoms with E-state index in [2.05, 4.69) is 64.9 Å². The van der Waals surface area contributed by atoms with Crippen LogP contribution in [0.15, 0.2) is 54.6 Å². The maximum atomic E-state index is 12.8. The summed E-state index contributed by atoms with van der Waals surface area (Å²) >= 11 is 0. The Morgan fingerprint density at radius 1 is 1.00 bits per heavy atom. The molecule has 2 fully saturated rings. The first kappa shape index (κ1) is 24.5. The summed E-state index contributed by atoms with van der Waals surface area (Å²) in [5.74, 6) is 2.18. The van der Waals surface area contributed by atoms with Crippen LogP contribution in [0, 0.1) is 0 Å². The Morgan fingerprint density at radius 3 is 2.53 bits per heavy atom. The number of carbonyl (C=O) groups is 1. The molecule has 3 aromatic rings. The van der Waals surface area contributed by atoms with Gasteiger partial charge in [-0.15, -0.1) is 0 Å². The number of fused-ring (bicyclic) bond motifs is 1. The molecule has 2 atom stereocenters. The maximum absolute atomic E-state index is 12.8. The van der Waals surface area contributed by atoms with Crippen molar-refractivity contribution < 1.29 is 4.79 Å². The van der Waals surface area contributed by atoms with E-state index in [-0.39, 0.29) is 12.1 Å². The minimum atomic E-state index is 0.0595. The van der Waals surface area contributed by atoms with E-state index in [9.17, 15) is 4.79 Å². The number of nitrogens with one attached hydrogen (secondary N) is 2. The zero-order valence-electron chi connectivity index (χ0n) is 21.4. The van der Waals surface area contributed by atoms with Crippen molar-refractivity contribution in [1.29, 1.82) is 0 Å². The Bertz CT molecular complexity index is 1160. The molecule has 2 aliphatic rings. The molecule has 8 heteroatoms. The van der Waals surface area contributed by atoms with Crippen LogP contribution in [0.5, 0.6) is 0 Å². The molecule has 1 aliphatic carbocycles. The molecule has 8 nitrogen and oxygen atoms in total. The molecule has 5 rings (SSSR count). The first-order chi connectivity index (χ1) is 17.6. The van der Waals surface area contributed by atoms with Crippen LogP contribution in [0.1, 0.15) is 30.1 Å². The lowest BCUT2D eigenvalue weighted by molar-refractivity contribution is 0.133. The van der Waals surface area contributed by atoms with E-state index in [0.717, 1.165) is 74.7 Å². The Kier molecular flexibility index (Phi) is 7.63. The van der Waals surface area contributed by atoms with Gasteiger partial charge in [-0.1, -0.05) is 42.5 Å². The van der Waals surface area contributed by atoms with E-state index >= 15 is 0 Å². The number of carbonyl (C=O) groups excluding carboxylic acids is 1. The number of rotatable bonds is 9. The third-order valence-electron chi connectivity index (χ3n) is 7.08. The molecule has 2 heterocycles. The van der Waals surface area contributed by atoms with Crippen LogP contribution in [0.2, 0.25) is 0 Å². The van der Waals surface area contributed by atoms with Gasteiger partial charge in [0, 0.05) is 50.1 Å². The molecule has 1 aromatic heterocycles. The number of urea groups is 1. The average Bonchev–Trinajstić information content (AvgIpc) is 3.66. The smallest absolute Gasteiger partial charge is 0.317 e. The normalized spacial score (nSPS) is 20.0. The number of aromatic nitrogens is 2. The van der Waals surface area contributed by atoms with E-state index in [1.54, 1.807) is 0 Å². The van der Waals surface area contributed by atoms with E-state index in [0.29, 0.717) is 12.5 Å². The van der Waals surface area contributed by atoms with Gasteiger partial charge in [-0.05, 0) is 51.2 Å². The van der Waals surface area contributed by atoms with Crippen LogP contribution >= 0.6 is 0 Å². The maximum Gasteiger partial charge on any atom is 0.317 e. The number of nitrogens with zero attached hydrogens (tertiary/aromatic N) is 5. The van der Waals surface area contributed by atoms with Crippen LogP contribution in [0.25, 0.3) is 10.9 Å². The van der Waals surface area contributed by atoms with Gasteiger partial charge in [0.25, 0.3) is 0 Å². The number of anilines is 1. The summed E-state index contributed by atoms with van der Waals surface area (Å²) < 4.78 is 0. The topological polar surface area (TPSA) is 76.6 Å². The SMILES string of the molecule is CN(C)CCCNc1nc(CN2CCN(C(=O)N[C@@H]3C[C@H]3c3ccccc3)CC2)nc2ccccc12. The van der Waals surface area contributed by atoms with Crippen molar-refractivity contribution in [2.75, 3.05) is 58.7 Å². The second-order valence-corrected chi connectivity index (χ2v) is 10.2. The highest BCUT2D eigenvalue weighted by Gasteiger charge is 2.40. The molecule has 0 radical (unpaired) electrons. The summed E-state index contributed by atoms with van der Waals surface area (Å²) in [5.41, 5.74) is 2.28. The van der Waals surface area contributed by atoms with Gasteiger partial charge in [0.2, 0.25) is 0 Å². The second kappa shape index (κ2) is 11.2. The fraction of sp³-hybridized carbons (Fsp3) is 0.464. The third kappa shape index (κ3) is 6.12. The van der Waals surface area contributed by atoms with Crippen molar-refractivity contribution in [3.63, 3.8) is 0 Å². The van der Waals surface area contributed by atoms with E-state index in [1.807, 2.05) is 29.2 Å². The molecule has 2 amide bonds. The standard InChI is InChI=1S/C28H37N7O/c1-33(2)14-8-13-29-27-22-11-6-7-12-24(22)30-26(32-27)20-34-15-17-35(18-16-34)28(36)31-25-19-23(25)21-9-4-3-5-10-21/h3-7,9-12,23,25H,8,13-20H2,1-2H3,(H,31,36)(H,29,30,32)/t23-,25+/m0/s1. The number of hydrogen-bond acceptors (Lipinski definition) is 6. The Hall–Kier alpha value is -3.23. The summed E-state index contributed by atoms with van der Waals surface area (Å²) in [6.45, 7) is 5.68. The van der Waals surface area contributed by atoms with Crippen molar-refractivity contribution in [1.82, 2.24) is 30.0 Å². The Balaban J connectivity index is 1.13. The molecule has 2 N–H and O–H groups in total. The van der Waals surface area contributed by atoms with Crippen molar-refractivity contribution in [3.8, 4) is 0 Å². The first-order valence-corrected chi connectivity index (χ1v) is 13.0. The van der Waals surface area contributed by atoms with Gasteiger partial charge in [-0.3, -0.25) is 4.90 Å². The van der Waals surface area contributed by atoms with Gasteiger partial charge in [-0.2, -0.15) is 0 Å². The van der Waals surface area contributed by atoms with Crippen molar-refractivity contribution in [3.05, 3.63) is 66.0 Å². The third-order valence-corrected chi connectivity index (χ3v) is 7.08. The number of para-hydroxylation sites is 1. The highest BCUT2D eigenvalue weighted by atomic mass is 16.2. The predicted molar refractivity (Wildman–Crippen MR) is 144 cm³/mol. The first-order valence-electron chi connectivity index (χ1n) is 13.0. The summed E-state index contributed by atoms with van der Waals surface area (Å²) in [7, 11) is 4.18. The van der Waals surface area contributed by atoms with Gasteiger partial charge >= 0.3 is 6.03 Å². The molecular weight excluding hydrogens is 450 g/mol. The highest BCUT2D eigenvalue weighted by Crippen LogP contribution is 2.40. The van der Waals surface area contributed by atoms with Crippen LogP contribution in [-0.2, 0) is 6.54 Å². The minimum Gasteiger partial charge on any atom is -0.369 e. The van der Waals surface area contributed by atoms with Crippen LogP contribution in [-0.4, -0.2) is 90.1 Å². The summed E-state index contributed by atoms with van der Waals surface area (Å²) in [6.07, 6.45) is 2.08. The van der Waals surface area contributed by atoms with Gasteiger partial charge in [-0.25, -0.2) is 14.8 Å². The van der Waals surface area contributed by atoms with Crippen molar-refractivity contribution in [2.24, 2.45) is 0 Å². The molecule has 0 unspecified atom stereocenters. The van der Waals surface area contributed by atoms with E-state index in [4.69, 9.17) is 9.97 Å². The van der Waals surface area contributed by atoms with E-state index in [1.165, 1.54) is 5.56 Å². The molecule has 1 aliphatic heterocycles. The zero-order valence-corrected chi connectivity index (χ0v) is 21.4. The van der Waals surface area contributed by atoms with Crippen LogP contribution in [0.3, 0.4) is 0 Å². The summed E-state index contributed by atoms with van der Waals surface area (Å²) in [6, 6.07) is 19.0. The molecule has 1 saturated heterocycles. The van der Waals surface area contributed by atoms with Crippen molar-refractivity contribution in [2.45, 2.75) is 31.3 Å². The Morgan fingerprint density at radius 2 is 1.75 bits per heavy atom. The highest BCUT2D eigenvalue weighted by molar-refractivity contribution is 5.89. The summed E-state index contributed by atoms with van der Waals surface area (Å²) in [4.78, 5) is 29.0. The zero-order chi connectivity index (χ0) is 24.9. The van der Waals surface area contributed by atoms with Gasteiger partial charge < -0.3 is 20.4 Å². The molecular formula is C28H37N7O. The molecule has 0 bridgehead atoms. The molecule has 1 saturated carbocycles. The largest absolute Gasteiger partial charge is 0.369 e. The molecule has 0 spiro atoms.